The molecule has 1 amide bonds. The van der Waals surface area contributed by atoms with Crippen LogP contribution in [0.1, 0.15) is 40.5 Å². The molecule has 0 radical (unpaired) electrons. The molecule has 0 spiro atoms. The van der Waals surface area contributed by atoms with Gasteiger partial charge in [0.1, 0.15) is 5.82 Å². The van der Waals surface area contributed by atoms with Gasteiger partial charge < -0.3 is 10.1 Å². The zero-order valence-electron chi connectivity index (χ0n) is 15.9. The molecule has 1 heterocycles. The number of aryl methyl sites for hydroxylation is 3. The van der Waals surface area contributed by atoms with E-state index < -0.39 is 5.91 Å². The average molecular weight is 367 g/mol. The summed E-state index contributed by atoms with van der Waals surface area (Å²) >= 11 is 0. The van der Waals surface area contributed by atoms with Gasteiger partial charge in [-0.2, -0.15) is 0 Å². The van der Waals surface area contributed by atoms with Crippen molar-refractivity contribution >= 4 is 22.6 Å². The Balaban J connectivity index is 2.03. The summed E-state index contributed by atoms with van der Waals surface area (Å²) in [4.78, 5) is 21.9. The number of halogens is 1. The molecule has 0 atom stereocenters. The lowest BCUT2D eigenvalue weighted by molar-refractivity contribution is 0.101. The van der Waals surface area contributed by atoms with Gasteiger partial charge in [0, 0.05) is 5.69 Å². The average Bonchev–Trinajstić information content (AvgIpc) is 2.62. The molecule has 5 nitrogen and oxygen atoms in total. The highest BCUT2D eigenvalue weighted by Gasteiger charge is 2.19. The predicted molar refractivity (Wildman–Crippen MR) is 104 cm³/mol. The van der Waals surface area contributed by atoms with Gasteiger partial charge in [0.05, 0.1) is 17.6 Å². The van der Waals surface area contributed by atoms with Crippen LogP contribution in [0.3, 0.4) is 0 Å². The number of hydrogen-bond acceptors (Lipinski definition) is 4. The molecule has 2 aromatic carbocycles. The van der Waals surface area contributed by atoms with Crippen LogP contribution in [0.5, 0.6) is 5.88 Å². The van der Waals surface area contributed by atoms with Gasteiger partial charge in [0.2, 0.25) is 5.88 Å². The minimum Gasteiger partial charge on any atom is -0.476 e. The first kappa shape index (κ1) is 18.8. The molecule has 3 aromatic rings. The minimum absolute atomic E-state index is 0.114. The third-order valence-electron chi connectivity index (χ3n) is 4.34. The molecule has 27 heavy (non-hydrogen) atoms. The van der Waals surface area contributed by atoms with Gasteiger partial charge in [-0.3, -0.25) is 4.79 Å². The number of carbonyl (C=O) groups is 1. The second-order valence-corrected chi connectivity index (χ2v) is 6.56. The normalized spacial score (nSPS) is 10.9. The van der Waals surface area contributed by atoms with E-state index in [-0.39, 0.29) is 17.4 Å². The Labute approximate surface area is 157 Å². The van der Waals surface area contributed by atoms with Crippen molar-refractivity contribution in [3.63, 3.8) is 0 Å². The summed E-state index contributed by atoms with van der Waals surface area (Å²) in [5.41, 5.74) is 4.73. The second kappa shape index (κ2) is 7.70. The number of amides is 1. The molecule has 1 N–H and O–H groups in total. The highest BCUT2D eigenvalue weighted by molar-refractivity contribution is 6.05. The molecule has 0 saturated carbocycles. The molecular weight excluding hydrogens is 345 g/mol. The maximum absolute atomic E-state index is 13.3. The first-order valence-electron chi connectivity index (χ1n) is 8.88. The van der Waals surface area contributed by atoms with E-state index in [1.54, 1.807) is 6.92 Å². The first-order valence-corrected chi connectivity index (χ1v) is 8.88. The summed E-state index contributed by atoms with van der Waals surface area (Å²) in [6.07, 6.45) is 0.783. The number of hydrogen-bond donors (Lipinski definition) is 1. The van der Waals surface area contributed by atoms with E-state index in [4.69, 9.17) is 4.74 Å². The highest BCUT2D eigenvalue weighted by atomic mass is 19.1. The standard InChI is InChI=1S/C21H22FN3O2/c1-5-8-27-21-19(20(26)24-16-7-6-15(22)9-14(16)4)23-17-10-12(2)13(3)11-18(17)25-21/h6-7,9-11H,5,8H2,1-4H3,(H,24,26). The van der Waals surface area contributed by atoms with Gasteiger partial charge in [0.25, 0.3) is 5.91 Å². The number of benzene rings is 2. The van der Waals surface area contributed by atoms with Crippen molar-refractivity contribution in [3.8, 4) is 5.88 Å². The Hall–Kier alpha value is -3.02. The monoisotopic (exact) mass is 367 g/mol. The van der Waals surface area contributed by atoms with Crippen LogP contribution in [-0.2, 0) is 0 Å². The molecule has 140 valence electrons. The Morgan fingerprint density at radius 1 is 1.04 bits per heavy atom. The summed E-state index contributed by atoms with van der Waals surface area (Å²) < 4.78 is 19.0. The van der Waals surface area contributed by atoms with Crippen LogP contribution in [0.4, 0.5) is 10.1 Å². The molecule has 3 rings (SSSR count). The van der Waals surface area contributed by atoms with E-state index in [1.807, 2.05) is 32.9 Å². The molecule has 0 saturated heterocycles. The second-order valence-electron chi connectivity index (χ2n) is 6.56. The van der Waals surface area contributed by atoms with Crippen molar-refractivity contribution in [2.45, 2.75) is 34.1 Å². The largest absolute Gasteiger partial charge is 0.476 e. The van der Waals surface area contributed by atoms with Crippen LogP contribution in [0.25, 0.3) is 11.0 Å². The Bertz CT molecular complexity index is 1020. The molecular formula is C21H22FN3O2. The van der Waals surface area contributed by atoms with Crippen LogP contribution < -0.4 is 10.1 Å². The van der Waals surface area contributed by atoms with Crippen LogP contribution in [0.2, 0.25) is 0 Å². The summed E-state index contributed by atoms with van der Waals surface area (Å²) in [6.45, 7) is 8.12. The number of fused-ring (bicyclic) bond motifs is 1. The van der Waals surface area contributed by atoms with Gasteiger partial charge in [-0.15, -0.1) is 0 Å². The van der Waals surface area contributed by atoms with Gasteiger partial charge in [0.15, 0.2) is 5.69 Å². The van der Waals surface area contributed by atoms with Crippen molar-refractivity contribution in [3.05, 3.63) is 58.5 Å². The van der Waals surface area contributed by atoms with Crippen molar-refractivity contribution in [2.24, 2.45) is 0 Å². The van der Waals surface area contributed by atoms with Gasteiger partial charge in [-0.05, 0) is 74.2 Å². The van der Waals surface area contributed by atoms with Crippen molar-refractivity contribution in [1.29, 1.82) is 0 Å². The summed E-state index contributed by atoms with van der Waals surface area (Å²) in [7, 11) is 0. The van der Waals surface area contributed by atoms with Gasteiger partial charge in [-0.1, -0.05) is 6.92 Å². The molecule has 1 aromatic heterocycles. The van der Waals surface area contributed by atoms with Crippen LogP contribution in [0, 0.1) is 26.6 Å². The zero-order chi connectivity index (χ0) is 19.6. The van der Waals surface area contributed by atoms with E-state index in [0.29, 0.717) is 28.9 Å². The van der Waals surface area contributed by atoms with Crippen molar-refractivity contribution < 1.29 is 13.9 Å². The van der Waals surface area contributed by atoms with E-state index in [2.05, 4.69) is 15.3 Å². The van der Waals surface area contributed by atoms with E-state index in [1.165, 1.54) is 18.2 Å². The lowest BCUT2D eigenvalue weighted by atomic mass is 10.1. The molecule has 0 fully saturated rings. The number of carbonyl (C=O) groups excluding carboxylic acids is 1. The van der Waals surface area contributed by atoms with Crippen LogP contribution in [-0.4, -0.2) is 22.5 Å². The molecule has 0 aliphatic carbocycles. The zero-order valence-corrected chi connectivity index (χ0v) is 15.9. The third kappa shape index (κ3) is 4.05. The summed E-state index contributed by atoms with van der Waals surface area (Å²) in [5, 5.41) is 2.77. The number of rotatable bonds is 5. The number of ether oxygens (including phenoxy) is 1. The number of nitrogens with zero attached hydrogens (tertiary/aromatic N) is 2. The smallest absolute Gasteiger partial charge is 0.279 e. The van der Waals surface area contributed by atoms with Crippen LogP contribution in [0.15, 0.2) is 30.3 Å². The quantitative estimate of drug-likeness (QED) is 0.708. The molecule has 0 unspecified atom stereocenters. The van der Waals surface area contributed by atoms with Gasteiger partial charge >= 0.3 is 0 Å². The molecule has 0 bridgehead atoms. The minimum atomic E-state index is -0.441. The summed E-state index contributed by atoms with van der Waals surface area (Å²) in [5.74, 6) is -0.595. The first-order chi connectivity index (χ1) is 12.9. The van der Waals surface area contributed by atoms with Crippen LogP contribution >= 0.6 is 0 Å². The number of anilines is 1. The molecule has 0 aliphatic rings. The SMILES string of the molecule is CCCOc1nc2cc(C)c(C)cc2nc1C(=O)Nc1ccc(F)cc1C. The lowest BCUT2D eigenvalue weighted by Gasteiger charge is -2.13. The fourth-order valence-electron chi connectivity index (χ4n) is 2.69. The van der Waals surface area contributed by atoms with E-state index in [0.717, 1.165) is 17.5 Å². The topological polar surface area (TPSA) is 64.1 Å². The lowest BCUT2D eigenvalue weighted by Crippen LogP contribution is -2.17. The molecule has 0 aliphatic heterocycles. The van der Waals surface area contributed by atoms with E-state index in [9.17, 15) is 9.18 Å². The van der Waals surface area contributed by atoms with Crippen molar-refractivity contribution in [2.75, 3.05) is 11.9 Å². The maximum atomic E-state index is 13.3. The summed E-state index contributed by atoms with van der Waals surface area (Å²) in [6, 6.07) is 8.03. The predicted octanol–water partition coefficient (Wildman–Crippen LogP) is 4.74. The fourth-order valence-corrected chi connectivity index (χ4v) is 2.69. The Morgan fingerprint density at radius 3 is 2.33 bits per heavy atom. The number of aromatic nitrogens is 2. The molecule has 6 heteroatoms. The highest BCUT2D eigenvalue weighted by Crippen LogP contribution is 2.24. The third-order valence-corrected chi connectivity index (χ3v) is 4.34. The number of nitrogens with one attached hydrogen (secondary N) is 1. The Kier molecular flexibility index (Phi) is 5.35. The van der Waals surface area contributed by atoms with Gasteiger partial charge in [-0.25, -0.2) is 14.4 Å². The maximum Gasteiger partial charge on any atom is 0.279 e. The Morgan fingerprint density at radius 2 is 1.70 bits per heavy atom. The fraction of sp³-hybridized carbons (Fsp3) is 0.286. The van der Waals surface area contributed by atoms with Crippen molar-refractivity contribution in [1.82, 2.24) is 9.97 Å². The van der Waals surface area contributed by atoms with E-state index >= 15 is 0 Å².